The Morgan fingerprint density at radius 1 is 1.11 bits per heavy atom. The molecule has 1 aliphatic rings. The third kappa shape index (κ3) is 1.92. The van der Waals surface area contributed by atoms with Crippen LogP contribution in [-0.2, 0) is 7.05 Å². The van der Waals surface area contributed by atoms with Crippen molar-refractivity contribution in [2.75, 3.05) is 23.7 Å². The summed E-state index contributed by atoms with van der Waals surface area (Å²) in [7, 11) is 1.98. The minimum atomic E-state index is 0.873. The summed E-state index contributed by atoms with van der Waals surface area (Å²) in [6, 6.07) is 4.23. The third-order valence-corrected chi connectivity index (χ3v) is 3.84. The summed E-state index contributed by atoms with van der Waals surface area (Å²) < 4.78 is 1.91. The number of nitrogens with two attached hydrogens (primary N) is 1. The predicted molar refractivity (Wildman–Crippen MR) is 75.8 cm³/mol. The van der Waals surface area contributed by atoms with Gasteiger partial charge in [0.1, 0.15) is 0 Å². The van der Waals surface area contributed by atoms with Gasteiger partial charge >= 0.3 is 0 Å². The number of benzene rings is 1. The number of rotatable bonds is 1. The van der Waals surface area contributed by atoms with Crippen molar-refractivity contribution in [3.05, 3.63) is 18.3 Å². The Bertz CT molecular complexity index is 550. The van der Waals surface area contributed by atoms with E-state index in [1.165, 1.54) is 31.4 Å². The summed E-state index contributed by atoms with van der Waals surface area (Å²) in [6.07, 6.45) is 7.08. The molecule has 0 atom stereocenters. The first kappa shape index (κ1) is 11.4. The summed E-state index contributed by atoms with van der Waals surface area (Å²) in [5, 5.41) is 5.40. The average Bonchev–Trinajstić information content (AvgIpc) is 2.58. The van der Waals surface area contributed by atoms with Gasteiger partial charge in [0.15, 0.2) is 0 Å². The van der Waals surface area contributed by atoms with Crippen molar-refractivity contribution in [2.45, 2.75) is 25.7 Å². The van der Waals surface area contributed by atoms with E-state index >= 15 is 0 Å². The Balaban J connectivity index is 2.03. The van der Waals surface area contributed by atoms with Gasteiger partial charge in [0.05, 0.1) is 23.1 Å². The second-order valence-electron chi connectivity index (χ2n) is 5.14. The fraction of sp³-hybridized carbons (Fsp3) is 0.500. The molecule has 0 radical (unpaired) electrons. The van der Waals surface area contributed by atoms with Crippen LogP contribution in [0.1, 0.15) is 25.7 Å². The maximum atomic E-state index is 6.20. The van der Waals surface area contributed by atoms with Gasteiger partial charge in [0.25, 0.3) is 0 Å². The number of hydrogen-bond acceptors (Lipinski definition) is 3. The highest BCUT2D eigenvalue weighted by atomic mass is 15.2. The molecule has 3 rings (SSSR count). The lowest BCUT2D eigenvalue weighted by Crippen LogP contribution is -2.24. The van der Waals surface area contributed by atoms with Crippen LogP contribution in [0.5, 0.6) is 0 Å². The van der Waals surface area contributed by atoms with Gasteiger partial charge in [-0.1, -0.05) is 12.8 Å². The molecule has 4 heteroatoms. The van der Waals surface area contributed by atoms with Crippen LogP contribution in [0.2, 0.25) is 0 Å². The number of fused-ring (bicyclic) bond motifs is 1. The maximum absolute atomic E-state index is 6.20. The second kappa shape index (κ2) is 4.52. The van der Waals surface area contributed by atoms with Crippen molar-refractivity contribution < 1.29 is 0 Å². The van der Waals surface area contributed by atoms with Gasteiger partial charge in [-0.05, 0) is 25.0 Å². The molecule has 96 valence electrons. The van der Waals surface area contributed by atoms with E-state index in [2.05, 4.69) is 16.1 Å². The van der Waals surface area contributed by atoms with Gasteiger partial charge in [-0.15, -0.1) is 0 Å². The van der Waals surface area contributed by atoms with Gasteiger partial charge in [0.2, 0.25) is 0 Å². The highest BCUT2D eigenvalue weighted by molar-refractivity contribution is 5.89. The largest absolute Gasteiger partial charge is 0.397 e. The molecular formula is C14H20N4. The normalized spacial score (nSPS) is 17.1. The van der Waals surface area contributed by atoms with E-state index in [1.54, 1.807) is 0 Å². The summed E-state index contributed by atoms with van der Waals surface area (Å²) in [5.41, 5.74) is 9.40. The first-order chi connectivity index (χ1) is 8.75. The number of aromatic nitrogens is 2. The summed E-state index contributed by atoms with van der Waals surface area (Å²) in [4.78, 5) is 2.43. The van der Waals surface area contributed by atoms with Crippen molar-refractivity contribution in [3.8, 4) is 0 Å². The molecular weight excluding hydrogens is 224 g/mol. The van der Waals surface area contributed by atoms with E-state index in [4.69, 9.17) is 5.73 Å². The number of nitrogens with zero attached hydrogens (tertiary/aromatic N) is 3. The molecule has 2 N–H and O–H groups in total. The van der Waals surface area contributed by atoms with Gasteiger partial charge in [-0.25, -0.2) is 0 Å². The Labute approximate surface area is 107 Å². The molecule has 2 aromatic rings. The number of hydrogen-bond donors (Lipinski definition) is 1. The SMILES string of the molecule is Cn1ncc2cc(N)c(N3CCCCCC3)cc21. The zero-order chi connectivity index (χ0) is 12.5. The maximum Gasteiger partial charge on any atom is 0.0701 e. The molecule has 1 aromatic carbocycles. The quantitative estimate of drug-likeness (QED) is 0.784. The van der Waals surface area contributed by atoms with E-state index < -0.39 is 0 Å². The number of anilines is 2. The molecule has 1 fully saturated rings. The van der Waals surface area contributed by atoms with E-state index in [1.807, 2.05) is 24.0 Å². The lowest BCUT2D eigenvalue weighted by molar-refractivity contribution is 0.726. The molecule has 1 aliphatic heterocycles. The van der Waals surface area contributed by atoms with Gasteiger partial charge in [0, 0.05) is 25.5 Å². The summed E-state index contributed by atoms with van der Waals surface area (Å²) in [5.74, 6) is 0. The molecule has 0 amide bonds. The van der Waals surface area contributed by atoms with Crippen molar-refractivity contribution >= 4 is 22.3 Å². The van der Waals surface area contributed by atoms with Crippen LogP contribution in [0.3, 0.4) is 0 Å². The zero-order valence-electron chi connectivity index (χ0n) is 10.9. The monoisotopic (exact) mass is 244 g/mol. The van der Waals surface area contributed by atoms with Crippen LogP contribution in [0.25, 0.3) is 10.9 Å². The zero-order valence-corrected chi connectivity index (χ0v) is 10.9. The minimum Gasteiger partial charge on any atom is -0.397 e. The van der Waals surface area contributed by atoms with Crippen molar-refractivity contribution in [2.24, 2.45) is 7.05 Å². The molecule has 0 aliphatic carbocycles. The minimum absolute atomic E-state index is 0.873. The lowest BCUT2D eigenvalue weighted by Gasteiger charge is -2.24. The average molecular weight is 244 g/mol. The van der Waals surface area contributed by atoms with Crippen LogP contribution < -0.4 is 10.6 Å². The van der Waals surface area contributed by atoms with Gasteiger partial charge in [-0.3, -0.25) is 4.68 Å². The van der Waals surface area contributed by atoms with E-state index in [0.29, 0.717) is 0 Å². The third-order valence-electron chi connectivity index (χ3n) is 3.84. The van der Waals surface area contributed by atoms with E-state index in [-0.39, 0.29) is 0 Å². The molecule has 0 unspecified atom stereocenters. The fourth-order valence-corrected chi connectivity index (χ4v) is 2.79. The molecule has 4 nitrogen and oxygen atoms in total. The standard InChI is InChI=1S/C14H20N4/c1-17-13-9-14(12(15)8-11(13)10-16-17)18-6-4-2-3-5-7-18/h8-10H,2-7,15H2,1H3. The van der Waals surface area contributed by atoms with Crippen molar-refractivity contribution in [1.82, 2.24) is 9.78 Å². The summed E-state index contributed by atoms with van der Waals surface area (Å²) >= 11 is 0. The van der Waals surface area contributed by atoms with E-state index in [0.717, 1.165) is 29.7 Å². The molecule has 18 heavy (non-hydrogen) atoms. The summed E-state index contributed by atoms with van der Waals surface area (Å²) in [6.45, 7) is 2.24. The fourth-order valence-electron chi connectivity index (χ4n) is 2.79. The Morgan fingerprint density at radius 2 is 1.83 bits per heavy atom. The first-order valence-corrected chi connectivity index (χ1v) is 6.72. The second-order valence-corrected chi connectivity index (χ2v) is 5.14. The molecule has 1 aromatic heterocycles. The molecule has 0 saturated carbocycles. The van der Waals surface area contributed by atoms with E-state index in [9.17, 15) is 0 Å². The Hall–Kier alpha value is -1.71. The van der Waals surface area contributed by atoms with Crippen LogP contribution >= 0.6 is 0 Å². The smallest absolute Gasteiger partial charge is 0.0701 e. The van der Waals surface area contributed by atoms with Crippen LogP contribution in [0, 0.1) is 0 Å². The first-order valence-electron chi connectivity index (χ1n) is 6.72. The van der Waals surface area contributed by atoms with Crippen LogP contribution in [0.4, 0.5) is 11.4 Å². The Kier molecular flexibility index (Phi) is 2.86. The number of nitrogen functional groups attached to an aromatic ring is 1. The molecule has 0 bridgehead atoms. The Morgan fingerprint density at radius 3 is 2.56 bits per heavy atom. The van der Waals surface area contributed by atoms with Crippen molar-refractivity contribution in [3.63, 3.8) is 0 Å². The van der Waals surface area contributed by atoms with Crippen LogP contribution in [0.15, 0.2) is 18.3 Å². The van der Waals surface area contributed by atoms with Crippen molar-refractivity contribution in [1.29, 1.82) is 0 Å². The predicted octanol–water partition coefficient (Wildman–Crippen LogP) is 2.54. The molecule has 2 heterocycles. The highest BCUT2D eigenvalue weighted by Crippen LogP contribution is 2.30. The van der Waals surface area contributed by atoms with Gasteiger partial charge in [-0.2, -0.15) is 5.10 Å². The molecule has 1 saturated heterocycles. The topological polar surface area (TPSA) is 47.1 Å². The number of aryl methyl sites for hydroxylation is 1. The molecule has 0 spiro atoms. The highest BCUT2D eigenvalue weighted by Gasteiger charge is 2.14. The van der Waals surface area contributed by atoms with Crippen LogP contribution in [-0.4, -0.2) is 22.9 Å². The lowest BCUT2D eigenvalue weighted by atomic mass is 10.2. The van der Waals surface area contributed by atoms with Gasteiger partial charge < -0.3 is 10.6 Å².